The maximum Gasteiger partial charge on any atom is 0.416 e. The van der Waals surface area contributed by atoms with Gasteiger partial charge in [-0.15, -0.1) is 0 Å². The van der Waals surface area contributed by atoms with Crippen LogP contribution in [0.3, 0.4) is 0 Å². The predicted octanol–water partition coefficient (Wildman–Crippen LogP) is 3.65. The van der Waals surface area contributed by atoms with Gasteiger partial charge in [0.25, 0.3) is 0 Å². The summed E-state index contributed by atoms with van der Waals surface area (Å²) in [6.07, 6.45) is -4.31. The second-order valence-electron chi connectivity index (χ2n) is 4.30. The maximum absolute atomic E-state index is 12.3. The third kappa shape index (κ3) is 4.91. The van der Waals surface area contributed by atoms with E-state index in [1.165, 1.54) is 12.1 Å². The number of benzene rings is 1. The van der Waals surface area contributed by atoms with Gasteiger partial charge >= 0.3 is 6.18 Å². The predicted molar refractivity (Wildman–Crippen MR) is 70.5 cm³/mol. The summed E-state index contributed by atoms with van der Waals surface area (Å²) < 4.78 is 37.0. The van der Waals surface area contributed by atoms with Crippen molar-refractivity contribution in [1.82, 2.24) is 5.32 Å². The molecule has 2 nitrogen and oxygen atoms in total. The highest BCUT2D eigenvalue weighted by molar-refractivity contribution is 7.80. The van der Waals surface area contributed by atoms with Gasteiger partial charge in [0.2, 0.25) is 0 Å². The van der Waals surface area contributed by atoms with Crippen LogP contribution in [0.2, 0.25) is 0 Å². The molecule has 0 radical (unpaired) electrons. The Labute approximate surface area is 110 Å². The highest BCUT2D eigenvalue weighted by Crippen LogP contribution is 2.29. The number of anilines is 1. The molecule has 0 fully saturated rings. The van der Waals surface area contributed by atoms with Crippen LogP contribution in [-0.2, 0) is 6.18 Å². The Morgan fingerprint density at radius 3 is 2.22 bits per heavy atom. The van der Waals surface area contributed by atoms with Crippen LogP contribution in [0.5, 0.6) is 0 Å². The Hall–Kier alpha value is -1.30. The number of hydrogen-bond donors (Lipinski definition) is 2. The van der Waals surface area contributed by atoms with E-state index >= 15 is 0 Å². The Morgan fingerprint density at radius 2 is 1.78 bits per heavy atom. The van der Waals surface area contributed by atoms with Gasteiger partial charge in [0.15, 0.2) is 5.11 Å². The standard InChI is InChI=1S/C12H15F3N2S/c1-8(2)7-16-11(18)17-10-5-3-9(4-6-10)12(13,14)15/h3-6,8H,7H2,1-2H3,(H2,16,17,18). The molecule has 0 aliphatic carbocycles. The first kappa shape index (κ1) is 14.8. The lowest BCUT2D eigenvalue weighted by Crippen LogP contribution is -2.31. The monoisotopic (exact) mass is 276 g/mol. The Morgan fingerprint density at radius 1 is 1.22 bits per heavy atom. The number of hydrogen-bond acceptors (Lipinski definition) is 1. The van der Waals surface area contributed by atoms with Crippen LogP contribution in [0.4, 0.5) is 18.9 Å². The minimum Gasteiger partial charge on any atom is -0.362 e. The van der Waals surface area contributed by atoms with Crippen molar-refractivity contribution in [2.45, 2.75) is 20.0 Å². The van der Waals surface area contributed by atoms with Crippen LogP contribution in [0.1, 0.15) is 19.4 Å². The van der Waals surface area contributed by atoms with E-state index in [-0.39, 0.29) is 0 Å². The smallest absolute Gasteiger partial charge is 0.362 e. The van der Waals surface area contributed by atoms with Crippen LogP contribution >= 0.6 is 12.2 Å². The molecule has 0 amide bonds. The summed E-state index contributed by atoms with van der Waals surface area (Å²) >= 11 is 5.02. The van der Waals surface area contributed by atoms with Crippen molar-refractivity contribution >= 4 is 23.0 Å². The van der Waals surface area contributed by atoms with Gasteiger partial charge < -0.3 is 10.6 Å². The van der Waals surface area contributed by atoms with E-state index in [9.17, 15) is 13.2 Å². The lowest BCUT2D eigenvalue weighted by molar-refractivity contribution is -0.137. The molecular weight excluding hydrogens is 261 g/mol. The molecule has 0 spiro atoms. The van der Waals surface area contributed by atoms with E-state index in [1.807, 2.05) is 13.8 Å². The second kappa shape index (κ2) is 6.04. The minimum atomic E-state index is -4.31. The van der Waals surface area contributed by atoms with Gasteiger partial charge in [0, 0.05) is 12.2 Å². The molecule has 0 atom stereocenters. The first-order chi connectivity index (χ1) is 8.29. The molecular formula is C12H15F3N2S. The van der Waals surface area contributed by atoms with Crippen LogP contribution in [0.25, 0.3) is 0 Å². The van der Waals surface area contributed by atoms with E-state index in [4.69, 9.17) is 12.2 Å². The third-order valence-corrected chi connectivity index (χ3v) is 2.39. The molecule has 1 aromatic rings. The van der Waals surface area contributed by atoms with E-state index in [2.05, 4.69) is 10.6 Å². The summed E-state index contributed by atoms with van der Waals surface area (Å²) in [7, 11) is 0. The van der Waals surface area contributed by atoms with Gasteiger partial charge in [-0.3, -0.25) is 0 Å². The molecule has 2 N–H and O–H groups in total. The zero-order chi connectivity index (χ0) is 13.8. The molecule has 0 aliphatic heterocycles. The zero-order valence-corrected chi connectivity index (χ0v) is 11.0. The molecule has 0 unspecified atom stereocenters. The topological polar surface area (TPSA) is 24.1 Å². The molecule has 0 saturated carbocycles. The minimum absolute atomic E-state index is 0.406. The lowest BCUT2D eigenvalue weighted by Gasteiger charge is -2.13. The fraction of sp³-hybridized carbons (Fsp3) is 0.417. The van der Waals surface area contributed by atoms with Crippen LogP contribution in [0, 0.1) is 5.92 Å². The molecule has 1 aromatic carbocycles. The molecule has 1 rings (SSSR count). The van der Waals surface area contributed by atoms with Gasteiger partial charge in [-0.2, -0.15) is 13.2 Å². The van der Waals surface area contributed by atoms with Crippen molar-refractivity contribution in [2.24, 2.45) is 5.92 Å². The van der Waals surface area contributed by atoms with Crippen LogP contribution in [-0.4, -0.2) is 11.7 Å². The van der Waals surface area contributed by atoms with Gasteiger partial charge in [-0.25, -0.2) is 0 Å². The molecule has 0 aromatic heterocycles. The van der Waals surface area contributed by atoms with Gasteiger partial charge in [0.1, 0.15) is 0 Å². The molecule has 6 heteroatoms. The Kier molecular flexibility index (Phi) is 4.95. The molecule has 0 bridgehead atoms. The van der Waals surface area contributed by atoms with E-state index in [1.54, 1.807) is 0 Å². The number of nitrogens with one attached hydrogen (secondary N) is 2. The first-order valence-corrected chi connectivity index (χ1v) is 5.92. The first-order valence-electron chi connectivity index (χ1n) is 5.51. The average molecular weight is 276 g/mol. The molecule has 0 saturated heterocycles. The van der Waals surface area contributed by atoms with E-state index in [0.29, 0.717) is 23.3 Å². The number of thiocarbonyl (C=S) groups is 1. The Balaban J connectivity index is 2.56. The SMILES string of the molecule is CC(C)CNC(=S)Nc1ccc(C(F)(F)F)cc1. The van der Waals surface area contributed by atoms with E-state index in [0.717, 1.165) is 12.1 Å². The van der Waals surface area contributed by atoms with Crippen molar-refractivity contribution in [3.8, 4) is 0 Å². The molecule has 0 heterocycles. The van der Waals surface area contributed by atoms with Gasteiger partial charge in [-0.1, -0.05) is 13.8 Å². The van der Waals surface area contributed by atoms with Crippen molar-refractivity contribution in [1.29, 1.82) is 0 Å². The number of alkyl halides is 3. The summed E-state index contributed by atoms with van der Waals surface area (Å²) in [6, 6.07) is 4.75. The summed E-state index contributed by atoms with van der Waals surface area (Å²) in [5.41, 5.74) is -0.140. The number of halogens is 3. The van der Waals surface area contributed by atoms with E-state index < -0.39 is 11.7 Å². The molecule has 0 aliphatic rings. The highest BCUT2D eigenvalue weighted by atomic mass is 32.1. The van der Waals surface area contributed by atoms with Crippen molar-refractivity contribution < 1.29 is 13.2 Å². The van der Waals surface area contributed by atoms with Crippen molar-refractivity contribution in [3.05, 3.63) is 29.8 Å². The summed E-state index contributed by atoms with van der Waals surface area (Å²) in [4.78, 5) is 0. The van der Waals surface area contributed by atoms with Crippen molar-refractivity contribution in [2.75, 3.05) is 11.9 Å². The third-order valence-electron chi connectivity index (χ3n) is 2.14. The summed E-state index contributed by atoms with van der Waals surface area (Å²) in [6.45, 7) is 4.79. The fourth-order valence-electron chi connectivity index (χ4n) is 1.21. The van der Waals surface area contributed by atoms with Crippen LogP contribution < -0.4 is 10.6 Å². The number of rotatable bonds is 3. The summed E-state index contributed by atoms with van der Waals surface area (Å²) in [5.74, 6) is 0.442. The zero-order valence-electron chi connectivity index (χ0n) is 10.1. The quantitative estimate of drug-likeness (QED) is 0.824. The highest BCUT2D eigenvalue weighted by Gasteiger charge is 2.29. The van der Waals surface area contributed by atoms with Gasteiger partial charge in [0.05, 0.1) is 5.56 Å². The van der Waals surface area contributed by atoms with Crippen LogP contribution in [0.15, 0.2) is 24.3 Å². The molecule has 100 valence electrons. The van der Waals surface area contributed by atoms with Gasteiger partial charge in [-0.05, 0) is 42.4 Å². The normalized spacial score (nSPS) is 11.4. The lowest BCUT2D eigenvalue weighted by atomic mass is 10.2. The average Bonchev–Trinajstić information content (AvgIpc) is 2.26. The summed E-state index contributed by atoms with van der Waals surface area (Å²) in [5, 5.41) is 6.21. The molecule has 18 heavy (non-hydrogen) atoms. The van der Waals surface area contributed by atoms with Crippen molar-refractivity contribution in [3.63, 3.8) is 0 Å². The second-order valence-corrected chi connectivity index (χ2v) is 4.71. The maximum atomic E-state index is 12.3. The Bertz CT molecular complexity index is 399. The fourth-order valence-corrected chi connectivity index (χ4v) is 1.42. The largest absolute Gasteiger partial charge is 0.416 e.